The predicted molar refractivity (Wildman–Crippen MR) is 81.8 cm³/mol. The Hall–Kier alpha value is -1.09. The Morgan fingerprint density at radius 3 is 2.90 bits per heavy atom. The predicted octanol–water partition coefficient (Wildman–Crippen LogP) is 5.20. The molecule has 3 heteroatoms. The molecule has 2 nitrogen and oxygen atoms in total. The molecule has 4 rings (SSSR count). The minimum absolute atomic E-state index is 0.172. The average molecular weight is 333 g/mol. The number of carbonyl (C=O) groups excluding carboxylic acids is 1. The highest BCUT2D eigenvalue weighted by atomic mass is 79.9. The van der Waals surface area contributed by atoms with Crippen molar-refractivity contribution in [3.8, 4) is 0 Å². The van der Waals surface area contributed by atoms with Crippen molar-refractivity contribution in [3.05, 3.63) is 34.5 Å². The molecular weight excluding hydrogens is 316 g/mol. The molecule has 0 spiro atoms. The number of Topliss-reactive ketones (excluding diaryl/α,β-unsaturated/α-hetero) is 1. The fourth-order valence-corrected chi connectivity index (χ4v) is 4.59. The number of hydrogen-bond donors (Lipinski definition) is 0. The Bertz CT molecular complexity index is 673. The van der Waals surface area contributed by atoms with E-state index >= 15 is 0 Å². The first-order valence-corrected chi connectivity index (χ1v) is 8.21. The van der Waals surface area contributed by atoms with Crippen LogP contribution in [0.5, 0.6) is 0 Å². The summed E-state index contributed by atoms with van der Waals surface area (Å²) in [4.78, 5) is 12.4. The largest absolute Gasteiger partial charge is 0.452 e. The van der Waals surface area contributed by atoms with E-state index in [9.17, 15) is 4.79 Å². The summed E-state index contributed by atoms with van der Waals surface area (Å²) < 4.78 is 6.67. The molecule has 2 bridgehead atoms. The average Bonchev–Trinajstić information content (AvgIpc) is 3.12. The van der Waals surface area contributed by atoms with Gasteiger partial charge in [-0.05, 0) is 65.1 Å². The molecule has 0 radical (unpaired) electrons. The van der Waals surface area contributed by atoms with E-state index in [1.807, 2.05) is 24.3 Å². The van der Waals surface area contributed by atoms with Gasteiger partial charge in [0.05, 0.1) is 4.47 Å². The second kappa shape index (κ2) is 4.73. The van der Waals surface area contributed by atoms with Gasteiger partial charge >= 0.3 is 0 Å². The van der Waals surface area contributed by atoms with Crippen LogP contribution in [-0.4, -0.2) is 5.78 Å². The molecule has 2 saturated carbocycles. The maximum Gasteiger partial charge on any atom is 0.198 e. The van der Waals surface area contributed by atoms with Gasteiger partial charge in [-0.1, -0.05) is 18.6 Å². The van der Waals surface area contributed by atoms with Gasteiger partial charge in [-0.2, -0.15) is 0 Å². The molecule has 0 amide bonds. The first kappa shape index (κ1) is 12.6. The molecule has 3 atom stereocenters. The maximum atomic E-state index is 12.4. The molecule has 0 saturated heterocycles. The van der Waals surface area contributed by atoms with Gasteiger partial charge in [0.25, 0.3) is 0 Å². The van der Waals surface area contributed by atoms with Crippen LogP contribution in [-0.2, 0) is 0 Å². The van der Waals surface area contributed by atoms with Gasteiger partial charge in [-0.15, -0.1) is 0 Å². The fourth-order valence-electron chi connectivity index (χ4n) is 4.13. The molecule has 2 aliphatic carbocycles. The van der Waals surface area contributed by atoms with E-state index in [1.54, 1.807) is 0 Å². The maximum absolute atomic E-state index is 12.4. The second-order valence-corrected chi connectivity index (χ2v) is 7.19. The van der Waals surface area contributed by atoms with Gasteiger partial charge in [0.2, 0.25) is 0 Å². The molecule has 2 aliphatic rings. The SMILES string of the molecule is O=C(CC1CC2CCC1C2)c1cc2cccc(Br)c2o1. The number of para-hydroxylation sites is 1. The summed E-state index contributed by atoms with van der Waals surface area (Å²) in [5.74, 6) is 2.97. The number of ketones is 1. The van der Waals surface area contributed by atoms with Crippen LogP contribution in [0.3, 0.4) is 0 Å². The zero-order valence-electron chi connectivity index (χ0n) is 11.3. The summed E-state index contributed by atoms with van der Waals surface area (Å²) in [5.41, 5.74) is 0.781. The van der Waals surface area contributed by atoms with Gasteiger partial charge in [0.15, 0.2) is 11.5 Å². The first-order valence-electron chi connectivity index (χ1n) is 7.42. The smallest absolute Gasteiger partial charge is 0.198 e. The van der Waals surface area contributed by atoms with Crippen molar-refractivity contribution in [2.24, 2.45) is 17.8 Å². The van der Waals surface area contributed by atoms with Crippen molar-refractivity contribution in [2.75, 3.05) is 0 Å². The number of rotatable bonds is 3. The van der Waals surface area contributed by atoms with E-state index in [4.69, 9.17) is 4.42 Å². The molecule has 1 aromatic heterocycles. The topological polar surface area (TPSA) is 30.2 Å². The molecule has 20 heavy (non-hydrogen) atoms. The molecule has 2 fully saturated rings. The Balaban J connectivity index is 1.56. The molecular formula is C17H17BrO2. The van der Waals surface area contributed by atoms with Crippen molar-refractivity contribution >= 4 is 32.7 Å². The van der Waals surface area contributed by atoms with Crippen molar-refractivity contribution in [1.29, 1.82) is 0 Å². The van der Waals surface area contributed by atoms with Gasteiger partial charge in [-0.3, -0.25) is 4.79 Å². The highest BCUT2D eigenvalue weighted by Gasteiger charge is 2.40. The van der Waals surface area contributed by atoms with E-state index in [0.29, 0.717) is 18.1 Å². The van der Waals surface area contributed by atoms with Crippen molar-refractivity contribution in [2.45, 2.75) is 32.1 Å². The number of furan rings is 1. The minimum atomic E-state index is 0.172. The van der Waals surface area contributed by atoms with E-state index < -0.39 is 0 Å². The lowest BCUT2D eigenvalue weighted by molar-refractivity contribution is 0.0919. The van der Waals surface area contributed by atoms with Crippen LogP contribution in [0.25, 0.3) is 11.0 Å². The van der Waals surface area contributed by atoms with Crippen LogP contribution in [0.15, 0.2) is 33.2 Å². The molecule has 104 valence electrons. The van der Waals surface area contributed by atoms with Crippen molar-refractivity contribution in [1.82, 2.24) is 0 Å². The fraction of sp³-hybridized carbons (Fsp3) is 0.471. The first-order chi connectivity index (χ1) is 9.70. The van der Waals surface area contributed by atoms with E-state index in [0.717, 1.165) is 27.3 Å². The molecule has 1 heterocycles. The zero-order chi connectivity index (χ0) is 13.7. The van der Waals surface area contributed by atoms with Crippen LogP contribution in [0.2, 0.25) is 0 Å². The molecule has 3 unspecified atom stereocenters. The van der Waals surface area contributed by atoms with Crippen LogP contribution >= 0.6 is 15.9 Å². The number of hydrogen-bond acceptors (Lipinski definition) is 2. The molecule has 2 aromatic rings. The normalized spacial score (nSPS) is 28.4. The third-order valence-electron chi connectivity index (χ3n) is 5.10. The highest BCUT2D eigenvalue weighted by Crippen LogP contribution is 2.49. The number of fused-ring (bicyclic) bond motifs is 3. The lowest BCUT2D eigenvalue weighted by Crippen LogP contribution is -2.14. The molecule has 0 aliphatic heterocycles. The summed E-state index contributed by atoms with van der Waals surface area (Å²) in [5, 5.41) is 0.996. The quantitative estimate of drug-likeness (QED) is 0.722. The van der Waals surface area contributed by atoms with Crippen molar-refractivity contribution in [3.63, 3.8) is 0 Å². The van der Waals surface area contributed by atoms with Crippen molar-refractivity contribution < 1.29 is 9.21 Å². The molecule has 0 N–H and O–H groups in total. The van der Waals surface area contributed by atoms with Gasteiger partial charge < -0.3 is 4.42 Å². The Kier molecular flexibility index (Phi) is 2.99. The van der Waals surface area contributed by atoms with E-state index in [1.165, 1.54) is 25.7 Å². The lowest BCUT2D eigenvalue weighted by Gasteiger charge is -2.20. The van der Waals surface area contributed by atoms with Gasteiger partial charge in [0, 0.05) is 11.8 Å². The summed E-state index contributed by atoms with van der Waals surface area (Å²) in [6.07, 6.45) is 5.98. The summed E-state index contributed by atoms with van der Waals surface area (Å²) in [7, 11) is 0. The minimum Gasteiger partial charge on any atom is -0.452 e. The van der Waals surface area contributed by atoms with E-state index in [2.05, 4.69) is 15.9 Å². The third kappa shape index (κ3) is 2.03. The lowest BCUT2D eigenvalue weighted by atomic mass is 9.85. The monoisotopic (exact) mass is 332 g/mol. The summed E-state index contributed by atoms with van der Waals surface area (Å²) in [6.45, 7) is 0. The van der Waals surface area contributed by atoms with Gasteiger partial charge in [0.1, 0.15) is 5.58 Å². The standard InChI is InChI=1S/C17H17BrO2/c18-14-3-1-2-12-9-16(20-17(12)14)15(19)8-13-7-10-4-5-11(13)6-10/h1-3,9-11,13H,4-8H2. The summed E-state index contributed by atoms with van der Waals surface area (Å²) >= 11 is 3.47. The number of halogens is 1. The molecule has 1 aromatic carbocycles. The zero-order valence-corrected chi connectivity index (χ0v) is 12.9. The van der Waals surface area contributed by atoms with E-state index in [-0.39, 0.29) is 5.78 Å². The highest BCUT2D eigenvalue weighted by molar-refractivity contribution is 9.10. The Labute approximate surface area is 126 Å². The van der Waals surface area contributed by atoms with Crippen LogP contribution in [0.1, 0.15) is 42.7 Å². The number of carbonyl (C=O) groups is 1. The van der Waals surface area contributed by atoms with Gasteiger partial charge in [-0.25, -0.2) is 0 Å². The third-order valence-corrected chi connectivity index (χ3v) is 5.73. The Morgan fingerprint density at radius 2 is 2.20 bits per heavy atom. The van der Waals surface area contributed by atoms with Crippen LogP contribution < -0.4 is 0 Å². The van der Waals surface area contributed by atoms with Crippen LogP contribution in [0.4, 0.5) is 0 Å². The number of benzene rings is 1. The Morgan fingerprint density at radius 1 is 1.30 bits per heavy atom. The van der Waals surface area contributed by atoms with Crippen LogP contribution in [0, 0.1) is 17.8 Å². The second-order valence-electron chi connectivity index (χ2n) is 6.33. The summed E-state index contributed by atoms with van der Waals surface area (Å²) in [6, 6.07) is 7.77.